The van der Waals surface area contributed by atoms with Crippen LogP contribution in [-0.2, 0) is 0 Å². The van der Waals surface area contributed by atoms with Gasteiger partial charge in [0.25, 0.3) is 0 Å². The fraction of sp³-hybridized carbons (Fsp3) is 0.647. The molecule has 2 nitrogen and oxygen atoms in total. The summed E-state index contributed by atoms with van der Waals surface area (Å²) in [5, 5.41) is 3.55. The lowest BCUT2D eigenvalue weighted by molar-refractivity contribution is 0.438. The molecule has 112 valence electrons. The van der Waals surface area contributed by atoms with Crippen LogP contribution in [0.25, 0.3) is 0 Å². The maximum absolute atomic E-state index is 3.76. The Morgan fingerprint density at radius 3 is 2.65 bits per heavy atom. The van der Waals surface area contributed by atoms with Crippen LogP contribution in [0, 0.1) is 5.92 Å². The van der Waals surface area contributed by atoms with Crippen LogP contribution in [0.15, 0.2) is 22.7 Å². The first kappa shape index (κ1) is 15.8. The number of anilines is 1. The van der Waals surface area contributed by atoms with Crippen LogP contribution in [0.5, 0.6) is 0 Å². The summed E-state index contributed by atoms with van der Waals surface area (Å²) < 4.78 is 1.23. The van der Waals surface area contributed by atoms with Crippen molar-refractivity contribution in [1.29, 1.82) is 0 Å². The van der Waals surface area contributed by atoms with E-state index < -0.39 is 0 Å². The molecule has 3 heteroatoms. The van der Waals surface area contributed by atoms with Crippen LogP contribution in [0.1, 0.15) is 51.6 Å². The fourth-order valence-electron chi connectivity index (χ4n) is 2.78. The molecule has 0 amide bonds. The number of hydrogen-bond acceptors (Lipinski definition) is 2. The van der Waals surface area contributed by atoms with Gasteiger partial charge in [0.05, 0.1) is 5.69 Å². The molecule has 1 heterocycles. The van der Waals surface area contributed by atoms with E-state index in [2.05, 4.69) is 65.1 Å². The fourth-order valence-corrected chi connectivity index (χ4v) is 3.42. The smallest absolute Gasteiger partial charge is 0.0510 e. The maximum Gasteiger partial charge on any atom is 0.0510 e. The van der Waals surface area contributed by atoms with Gasteiger partial charge in [0.1, 0.15) is 0 Å². The second-order valence-corrected chi connectivity index (χ2v) is 6.91. The number of hydrogen-bond donors (Lipinski definition) is 1. The SMILES string of the molecule is CCCNC(C)c1ccc(N2CCC(C)CC2)c(Br)c1. The standard InChI is InChI=1S/C17H27BrN2/c1-4-9-19-14(3)15-5-6-17(16(18)12-15)20-10-7-13(2)8-11-20/h5-6,12-14,19H,4,7-11H2,1-3H3. The summed E-state index contributed by atoms with van der Waals surface area (Å²) in [6.45, 7) is 10.2. The summed E-state index contributed by atoms with van der Waals surface area (Å²) in [4.78, 5) is 2.51. The van der Waals surface area contributed by atoms with Crippen molar-refractivity contribution in [2.45, 2.75) is 46.1 Å². The molecule has 1 saturated heterocycles. The van der Waals surface area contributed by atoms with E-state index in [0.717, 1.165) is 12.5 Å². The lowest BCUT2D eigenvalue weighted by atomic mass is 9.98. The summed E-state index contributed by atoms with van der Waals surface area (Å²) in [6, 6.07) is 7.24. The van der Waals surface area contributed by atoms with Gasteiger partial charge in [0, 0.05) is 23.6 Å². The first-order valence-corrected chi connectivity index (χ1v) is 8.69. The summed E-state index contributed by atoms with van der Waals surface area (Å²) in [5.74, 6) is 0.877. The highest BCUT2D eigenvalue weighted by molar-refractivity contribution is 9.10. The van der Waals surface area contributed by atoms with E-state index in [0.29, 0.717) is 6.04 Å². The Bertz CT molecular complexity index is 425. The Morgan fingerprint density at radius 2 is 2.05 bits per heavy atom. The van der Waals surface area contributed by atoms with Gasteiger partial charge in [-0.3, -0.25) is 0 Å². The van der Waals surface area contributed by atoms with E-state index in [9.17, 15) is 0 Å². The third kappa shape index (κ3) is 3.98. The number of nitrogens with one attached hydrogen (secondary N) is 1. The van der Waals surface area contributed by atoms with E-state index in [1.165, 1.54) is 48.1 Å². The minimum Gasteiger partial charge on any atom is -0.371 e. The Hall–Kier alpha value is -0.540. The number of nitrogens with zero attached hydrogens (tertiary/aromatic N) is 1. The topological polar surface area (TPSA) is 15.3 Å². The molecule has 1 aliphatic rings. The molecule has 0 spiro atoms. The van der Waals surface area contributed by atoms with E-state index in [4.69, 9.17) is 0 Å². The van der Waals surface area contributed by atoms with Crippen LogP contribution >= 0.6 is 15.9 Å². The average Bonchev–Trinajstić information content (AvgIpc) is 2.46. The molecular formula is C17H27BrN2. The zero-order valence-electron chi connectivity index (χ0n) is 13.0. The Balaban J connectivity index is 2.05. The third-order valence-corrected chi connectivity index (χ3v) is 4.93. The van der Waals surface area contributed by atoms with Crippen LogP contribution in [0.2, 0.25) is 0 Å². The first-order chi connectivity index (χ1) is 9.61. The molecular weight excluding hydrogens is 312 g/mol. The molecule has 0 bridgehead atoms. The molecule has 2 rings (SSSR count). The number of benzene rings is 1. The van der Waals surface area contributed by atoms with Crippen LogP contribution in [0.3, 0.4) is 0 Å². The first-order valence-electron chi connectivity index (χ1n) is 7.89. The minimum absolute atomic E-state index is 0.418. The van der Waals surface area contributed by atoms with Gasteiger partial charge in [0.2, 0.25) is 0 Å². The van der Waals surface area contributed by atoms with Crippen molar-refractivity contribution in [2.75, 3.05) is 24.5 Å². The van der Waals surface area contributed by atoms with E-state index >= 15 is 0 Å². The summed E-state index contributed by atoms with van der Waals surface area (Å²) in [5.41, 5.74) is 2.71. The lowest BCUT2D eigenvalue weighted by Crippen LogP contribution is -2.33. The molecule has 0 saturated carbocycles. The Kier molecular flexibility index (Phi) is 5.91. The van der Waals surface area contributed by atoms with Gasteiger partial charge in [-0.25, -0.2) is 0 Å². The van der Waals surface area contributed by atoms with Gasteiger partial charge in [-0.15, -0.1) is 0 Å². The molecule has 1 aliphatic heterocycles. The Labute approximate surface area is 132 Å². The zero-order chi connectivity index (χ0) is 14.5. The number of piperidine rings is 1. The molecule has 1 aromatic rings. The zero-order valence-corrected chi connectivity index (χ0v) is 14.5. The van der Waals surface area contributed by atoms with Crippen LogP contribution in [0.4, 0.5) is 5.69 Å². The number of rotatable bonds is 5. The third-order valence-electron chi connectivity index (χ3n) is 4.30. The molecule has 1 unspecified atom stereocenters. The van der Waals surface area contributed by atoms with Gasteiger partial charge in [-0.1, -0.05) is 19.9 Å². The van der Waals surface area contributed by atoms with E-state index in [-0.39, 0.29) is 0 Å². The highest BCUT2D eigenvalue weighted by Crippen LogP contribution is 2.32. The molecule has 1 atom stereocenters. The van der Waals surface area contributed by atoms with Crippen molar-refractivity contribution in [2.24, 2.45) is 5.92 Å². The minimum atomic E-state index is 0.418. The van der Waals surface area contributed by atoms with Gasteiger partial charge < -0.3 is 10.2 Å². The largest absolute Gasteiger partial charge is 0.371 e. The predicted molar refractivity (Wildman–Crippen MR) is 91.5 cm³/mol. The highest BCUT2D eigenvalue weighted by atomic mass is 79.9. The maximum atomic E-state index is 3.76. The van der Waals surface area contributed by atoms with Crippen LogP contribution < -0.4 is 10.2 Å². The summed E-state index contributed by atoms with van der Waals surface area (Å²) in [6.07, 6.45) is 3.79. The number of halogens is 1. The van der Waals surface area contributed by atoms with Crippen molar-refractivity contribution < 1.29 is 0 Å². The van der Waals surface area contributed by atoms with Gasteiger partial charge in [0.15, 0.2) is 0 Å². The second kappa shape index (κ2) is 7.46. The highest BCUT2D eigenvalue weighted by Gasteiger charge is 2.18. The Morgan fingerprint density at radius 1 is 1.35 bits per heavy atom. The average molecular weight is 339 g/mol. The molecule has 1 aromatic carbocycles. The summed E-state index contributed by atoms with van der Waals surface area (Å²) in [7, 11) is 0. The van der Waals surface area contributed by atoms with Crippen molar-refractivity contribution in [3.8, 4) is 0 Å². The molecule has 20 heavy (non-hydrogen) atoms. The van der Waals surface area contributed by atoms with Crippen molar-refractivity contribution in [3.63, 3.8) is 0 Å². The quantitative estimate of drug-likeness (QED) is 0.833. The second-order valence-electron chi connectivity index (χ2n) is 6.06. The molecule has 0 aliphatic carbocycles. The van der Waals surface area contributed by atoms with Gasteiger partial charge >= 0.3 is 0 Å². The van der Waals surface area contributed by atoms with Gasteiger partial charge in [-0.2, -0.15) is 0 Å². The predicted octanol–water partition coefficient (Wildman–Crippen LogP) is 4.75. The normalized spacial score (nSPS) is 18.3. The molecule has 1 N–H and O–H groups in total. The van der Waals surface area contributed by atoms with Crippen molar-refractivity contribution in [1.82, 2.24) is 5.32 Å². The van der Waals surface area contributed by atoms with Gasteiger partial charge in [-0.05, 0) is 72.3 Å². The summed E-state index contributed by atoms with van der Waals surface area (Å²) >= 11 is 3.76. The molecule has 0 radical (unpaired) electrons. The van der Waals surface area contributed by atoms with Crippen LogP contribution in [-0.4, -0.2) is 19.6 Å². The van der Waals surface area contributed by atoms with E-state index in [1.807, 2.05) is 0 Å². The van der Waals surface area contributed by atoms with Crippen molar-refractivity contribution in [3.05, 3.63) is 28.2 Å². The monoisotopic (exact) mass is 338 g/mol. The molecule has 0 aromatic heterocycles. The van der Waals surface area contributed by atoms with Crippen molar-refractivity contribution >= 4 is 21.6 Å². The lowest BCUT2D eigenvalue weighted by Gasteiger charge is -2.33. The molecule has 1 fully saturated rings. The van der Waals surface area contributed by atoms with E-state index in [1.54, 1.807) is 0 Å².